The number of nitrogens with one attached hydrogen (secondary N) is 2. The van der Waals surface area contributed by atoms with E-state index in [0.29, 0.717) is 30.6 Å². The molecule has 1 unspecified atom stereocenters. The summed E-state index contributed by atoms with van der Waals surface area (Å²) in [5.41, 5.74) is 2.50. The molecule has 3 heterocycles. The molecule has 0 bridgehead atoms. The summed E-state index contributed by atoms with van der Waals surface area (Å²) in [5.74, 6) is -1.26. The molecule has 0 spiro atoms. The van der Waals surface area contributed by atoms with Gasteiger partial charge in [-0.25, -0.2) is 4.39 Å². The molecule has 3 amide bonds. The molecule has 206 valence electrons. The number of benzene rings is 2. The molecule has 1 atom stereocenters. The summed E-state index contributed by atoms with van der Waals surface area (Å²) in [4.78, 5) is 45.3. The molecule has 5 rings (SSSR count). The first kappa shape index (κ1) is 27.0. The normalized spacial score (nSPS) is 13.8. The number of carbonyl (C=O) groups is 3. The van der Waals surface area contributed by atoms with Crippen molar-refractivity contribution in [2.75, 3.05) is 13.1 Å². The summed E-state index contributed by atoms with van der Waals surface area (Å²) >= 11 is 0. The largest absolute Gasteiger partial charge is 0.353 e. The Balaban J connectivity index is 1.28. The molecule has 4 aromatic rings. The standard InChI is InChI=1S/C30H31FN6O3/c1-30(2,3)26(28(39)33-15-16-36-18-23-21(29(36)40)8-6-14-32-23)34-27(38)25-22-7-4-5-9-24(22)37(35-25)17-19-10-12-20(31)13-11-19/h4-14,26H,15-18H2,1-3H3,(H,33,39)(H,34,38). The summed E-state index contributed by atoms with van der Waals surface area (Å²) in [6.07, 6.45) is 1.66. The summed E-state index contributed by atoms with van der Waals surface area (Å²) < 4.78 is 15.1. The quantitative estimate of drug-likeness (QED) is 0.354. The summed E-state index contributed by atoms with van der Waals surface area (Å²) in [6.45, 7) is 6.92. The minimum atomic E-state index is -0.853. The van der Waals surface area contributed by atoms with Crippen LogP contribution in [-0.2, 0) is 17.9 Å². The van der Waals surface area contributed by atoms with E-state index in [1.165, 1.54) is 12.1 Å². The molecular weight excluding hydrogens is 511 g/mol. The van der Waals surface area contributed by atoms with Crippen LogP contribution in [0.2, 0.25) is 0 Å². The van der Waals surface area contributed by atoms with E-state index in [1.807, 2.05) is 45.0 Å². The molecule has 2 aromatic carbocycles. The monoisotopic (exact) mass is 542 g/mol. The molecular formula is C30H31FN6O3. The van der Waals surface area contributed by atoms with Crippen molar-refractivity contribution in [2.24, 2.45) is 5.41 Å². The first-order valence-corrected chi connectivity index (χ1v) is 13.1. The number of rotatable bonds is 8. The van der Waals surface area contributed by atoms with Crippen LogP contribution in [0.15, 0.2) is 66.9 Å². The van der Waals surface area contributed by atoms with Crippen molar-refractivity contribution >= 4 is 28.6 Å². The number of amides is 3. The number of hydrogen-bond acceptors (Lipinski definition) is 5. The fourth-order valence-electron chi connectivity index (χ4n) is 4.83. The Bertz CT molecular complexity index is 1570. The van der Waals surface area contributed by atoms with E-state index in [0.717, 1.165) is 16.8 Å². The highest BCUT2D eigenvalue weighted by Gasteiger charge is 2.34. The second kappa shape index (κ2) is 10.9. The minimum absolute atomic E-state index is 0.110. The van der Waals surface area contributed by atoms with Crippen molar-refractivity contribution < 1.29 is 18.8 Å². The zero-order valence-corrected chi connectivity index (χ0v) is 22.6. The van der Waals surface area contributed by atoms with Gasteiger partial charge in [-0.1, -0.05) is 51.1 Å². The van der Waals surface area contributed by atoms with Crippen LogP contribution in [0.3, 0.4) is 0 Å². The van der Waals surface area contributed by atoms with Crippen molar-refractivity contribution in [2.45, 2.75) is 39.9 Å². The van der Waals surface area contributed by atoms with Gasteiger partial charge >= 0.3 is 0 Å². The van der Waals surface area contributed by atoms with Gasteiger partial charge < -0.3 is 15.5 Å². The highest BCUT2D eigenvalue weighted by Crippen LogP contribution is 2.24. The third kappa shape index (κ3) is 5.56. The van der Waals surface area contributed by atoms with E-state index in [4.69, 9.17) is 0 Å². The van der Waals surface area contributed by atoms with Gasteiger partial charge in [-0.3, -0.25) is 24.0 Å². The second-order valence-electron chi connectivity index (χ2n) is 10.9. The number of carbonyl (C=O) groups excluding carboxylic acids is 3. The lowest BCUT2D eigenvalue weighted by atomic mass is 9.86. The fraction of sp³-hybridized carbons (Fsp3) is 0.300. The molecule has 9 nitrogen and oxygen atoms in total. The third-order valence-corrected chi connectivity index (χ3v) is 6.95. The Morgan fingerprint density at radius 3 is 2.52 bits per heavy atom. The van der Waals surface area contributed by atoms with Gasteiger partial charge in [0.05, 0.1) is 29.9 Å². The lowest BCUT2D eigenvalue weighted by Gasteiger charge is -2.30. The van der Waals surface area contributed by atoms with E-state index in [1.54, 1.807) is 40.0 Å². The number of para-hydroxylation sites is 1. The summed E-state index contributed by atoms with van der Waals surface area (Å²) in [5, 5.41) is 11.0. The molecule has 10 heteroatoms. The predicted molar refractivity (Wildman–Crippen MR) is 148 cm³/mol. The molecule has 0 aliphatic carbocycles. The van der Waals surface area contributed by atoms with E-state index < -0.39 is 17.4 Å². The molecule has 40 heavy (non-hydrogen) atoms. The molecule has 2 aromatic heterocycles. The second-order valence-corrected chi connectivity index (χ2v) is 10.9. The van der Waals surface area contributed by atoms with Crippen LogP contribution in [0.4, 0.5) is 4.39 Å². The van der Waals surface area contributed by atoms with Crippen LogP contribution in [-0.4, -0.2) is 56.5 Å². The molecule has 0 saturated carbocycles. The Labute approximate surface area is 231 Å². The van der Waals surface area contributed by atoms with Gasteiger partial charge in [0.15, 0.2) is 5.69 Å². The van der Waals surface area contributed by atoms with Gasteiger partial charge in [0, 0.05) is 24.7 Å². The maximum Gasteiger partial charge on any atom is 0.273 e. The van der Waals surface area contributed by atoms with Crippen molar-refractivity contribution in [3.05, 3.63) is 95.2 Å². The Morgan fingerprint density at radius 2 is 1.80 bits per heavy atom. The van der Waals surface area contributed by atoms with E-state index in [-0.39, 0.29) is 29.9 Å². The average molecular weight is 543 g/mol. The highest BCUT2D eigenvalue weighted by molar-refractivity contribution is 6.06. The van der Waals surface area contributed by atoms with Crippen LogP contribution >= 0.6 is 0 Å². The van der Waals surface area contributed by atoms with E-state index >= 15 is 0 Å². The third-order valence-electron chi connectivity index (χ3n) is 6.95. The number of pyridine rings is 1. The molecule has 0 saturated heterocycles. The van der Waals surface area contributed by atoms with Gasteiger partial charge in [0.2, 0.25) is 5.91 Å². The fourth-order valence-corrected chi connectivity index (χ4v) is 4.83. The van der Waals surface area contributed by atoms with Gasteiger partial charge in [-0.05, 0) is 41.3 Å². The van der Waals surface area contributed by atoms with E-state index in [9.17, 15) is 18.8 Å². The van der Waals surface area contributed by atoms with Crippen LogP contribution < -0.4 is 10.6 Å². The minimum Gasteiger partial charge on any atom is -0.353 e. The number of halogens is 1. The predicted octanol–water partition coefficient (Wildman–Crippen LogP) is 3.54. The molecule has 1 aliphatic rings. The smallest absolute Gasteiger partial charge is 0.273 e. The molecule has 1 aliphatic heterocycles. The number of fused-ring (bicyclic) bond motifs is 2. The highest BCUT2D eigenvalue weighted by atomic mass is 19.1. The van der Waals surface area contributed by atoms with Gasteiger partial charge in [0.1, 0.15) is 11.9 Å². The molecule has 0 radical (unpaired) electrons. The Morgan fingerprint density at radius 1 is 1.05 bits per heavy atom. The SMILES string of the molecule is CC(C)(C)C(NC(=O)c1nn(Cc2ccc(F)cc2)c2ccccc12)C(=O)NCCN1Cc2ncccc2C1=O. The molecule has 2 N–H and O–H groups in total. The zero-order chi connectivity index (χ0) is 28.4. The lowest BCUT2D eigenvalue weighted by Crippen LogP contribution is -2.54. The van der Waals surface area contributed by atoms with Gasteiger partial charge in [0.25, 0.3) is 11.8 Å². The summed E-state index contributed by atoms with van der Waals surface area (Å²) in [7, 11) is 0. The first-order valence-electron chi connectivity index (χ1n) is 13.1. The van der Waals surface area contributed by atoms with E-state index in [2.05, 4.69) is 20.7 Å². The van der Waals surface area contributed by atoms with Crippen LogP contribution in [0.25, 0.3) is 10.9 Å². The van der Waals surface area contributed by atoms with Crippen LogP contribution in [0, 0.1) is 11.2 Å². The maximum atomic E-state index is 13.5. The van der Waals surface area contributed by atoms with Crippen molar-refractivity contribution in [3.8, 4) is 0 Å². The van der Waals surface area contributed by atoms with Crippen LogP contribution in [0.5, 0.6) is 0 Å². The Hall–Kier alpha value is -4.60. The number of nitrogens with zero attached hydrogens (tertiary/aromatic N) is 4. The lowest BCUT2D eigenvalue weighted by molar-refractivity contribution is -0.125. The van der Waals surface area contributed by atoms with Gasteiger partial charge in [-0.15, -0.1) is 0 Å². The van der Waals surface area contributed by atoms with Crippen molar-refractivity contribution in [1.29, 1.82) is 0 Å². The van der Waals surface area contributed by atoms with Gasteiger partial charge in [-0.2, -0.15) is 5.10 Å². The molecule has 0 fully saturated rings. The number of aromatic nitrogens is 3. The Kier molecular flexibility index (Phi) is 7.34. The van der Waals surface area contributed by atoms with Crippen molar-refractivity contribution in [1.82, 2.24) is 30.3 Å². The topological polar surface area (TPSA) is 109 Å². The average Bonchev–Trinajstić information content (AvgIpc) is 3.45. The summed E-state index contributed by atoms with van der Waals surface area (Å²) in [6, 6.07) is 16.1. The first-order chi connectivity index (χ1) is 19.1. The number of hydrogen-bond donors (Lipinski definition) is 2. The van der Waals surface area contributed by atoms with Crippen molar-refractivity contribution in [3.63, 3.8) is 0 Å². The van der Waals surface area contributed by atoms with Crippen LogP contribution in [0.1, 0.15) is 52.9 Å². The zero-order valence-electron chi connectivity index (χ0n) is 22.6. The maximum absolute atomic E-state index is 13.5.